The molecule has 338 valence electrons. The maximum absolute atomic E-state index is 15.1. The molecule has 2 aliphatic heterocycles. The molecule has 0 spiro atoms. The highest BCUT2D eigenvalue weighted by molar-refractivity contribution is 8.29. The Balaban J connectivity index is 0.888. The predicted octanol–water partition coefficient (Wildman–Crippen LogP) is 6.61. The summed E-state index contributed by atoms with van der Waals surface area (Å²) < 4.78 is 43.8. The quantitative estimate of drug-likeness (QED) is 0.100. The molecule has 15 nitrogen and oxygen atoms in total. The van der Waals surface area contributed by atoms with Gasteiger partial charge in [0.25, 0.3) is 11.8 Å². The molecule has 4 N–H and O–H groups in total. The van der Waals surface area contributed by atoms with E-state index in [0.717, 1.165) is 54.6 Å². The second-order valence-electron chi connectivity index (χ2n) is 17.8. The van der Waals surface area contributed by atoms with Gasteiger partial charge in [0.15, 0.2) is 5.82 Å². The first kappa shape index (κ1) is 45.6. The number of halogens is 2. The van der Waals surface area contributed by atoms with Crippen LogP contribution in [0.3, 0.4) is 0 Å². The number of hydrogen-bond donors (Lipinski definition) is 4. The number of ether oxygens (including phenoxy) is 1. The molecule has 2 fully saturated rings. The summed E-state index contributed by atoms with van der Waals surface area (Å²) in [5, 5.41) is 30.2. The molecular formula is C45H56F2N8O7S. The van der Waals surface area contributed by atoms with Gasteiger partial charge in [-0.2, -0.15) is 10.1 Å². The first-order valence-electron chi connectivity index (χ1n) is 20.9. The fraction of sp³-hybridized carbons (Fsp3) is 0.444. The Labute approximate surface area is 366 Å². The Hall–Kier alpha value is -5.40. The average Bonchev–Trinajstić information content (AvgIpc) is 3.75. The smallest absolute Gasteiger partial charge is 0.351 e. The van der Waals surface area contributed by atoms with Gasteiger partial charge in [-0.1, -0.05) is 58.9 Å². The van der Waals surface area contributed by atoms with Crippen molar-refractivity contribution in [3.8, 4) is 28.6 Å². The van der Waals surface area contributed by atoms with E-state index in [9.17, 15) is 24.6 Å². The molecule has 4 heterocycles. The number of carbonyl (C=O) groups excluding carboxylic acids is 1. The Morgan fingerprint density at radius 2 is 1.56 bits per heavy atom. The van der Waals surface area contributed by atoms with Gasteiger partial charge >= 0.3 is 11.4 Å². The van der Waals surface area contributed by atoms with Crippen LogP contribution < -0.4 is 16.7 Å². The van der Waals surface area contributed by atoms with Crippen molar-refractivity contribution in [3.63, 3.8) is 0 Å². The maximum atomic E-state index is 15.1. The highest BCUT2D eigenvalue weighted by Gasteiger charge is 2.52. The van der Waals surface area contributed by atoms with Crippen LogP contribution in [0.1, 0.15) is 80.2 Å². The molecule has 2 unspecified atom stereocenters. The molecule has 2 aromatic heterocycles. The third kappa shape index (κ3) is 10.2. The van der Waals surface area contributed by atoms with Gasteiger partial charge in [-0.15, -0.1) is 10.3 Å². The van der Waals surface area contributed by atoms with Crippen LogP contribution in [0.4, 0.5) is 14.6 Å². The molecule has 5 aromatic rings. The molecule has 7 rings (SSSR count). The van der Waals surface area contributed by atoms with Crippen LogP contribution in [-0.2, 0) is 22.0 Å². The Morgan fingerprint density at radius 1 is 0.952 bits per heavy atom. The Kier molecular flexibility index (Phi) is 13.0. The van der Waals surface area contributed by atoms with Crippen LogP contribution in [0.2, 0.25) is 0 Å². The van der Waals surface area contributed by atoms with E-state index in [1.165, 1.54) is 16.7 Å². The first-order valence-corrected chi connectivity index (χ1v) is 23.2. The van der Waals surface area contributed by atoms with Crippen molar-refractivity contribution in [3.05, 3.63) is 116 Å². The van der Waals surface area contributed by atoms with Crippen molar-refractivity contribution in [2.24, 2.45) is 0 Å². The average molecular weight is 891 g/mol. The zero-order valence-electron chi connectivity index (χ0n) is 36.6. The number of anilines is 1. The molecular weight excluding hydrogens is 835 g/mol. The number of rotatable bonds is 13. The van der Waals surface area contributed by atoms with Crippen molar-refractivity contribution in [1.29, 1.82) is 0 Å². The monoisotopic (exact) mass is 890 g/mol. The zero-order chi connectivity index (χ0) is 45.4. The van der Waals surface area contributed by atoms with E-state index in [1.807, 2.05) is 83.5 Å². The molecule has 0 saturated carbocycles. The zero-order valence-corrected chi connectivity index (χ0v) is 37.4. The number of phenolic OH excluding ortho intramolecular Hbond substituents is 2. The lowest BCUT2D eigenvalue weighted by atomic mass is 9.98. The summed E-state index contributed by atoms with van der Waals surface area (Å²) in [6.07, 6.45) is 1.78. The number of phenols is 2. The number of amides is 1. The predicted molar refractivity (Wildman–Crippen MR) is 239 cm³/mol. The lowest BCUT2D eigenvalue weighted by Crippen LogP contribution is -2.45. The number of aromatic hydroxyl groups is 2. The van der Waals surface area contributed by atoms with Gasteiger partial charge < -0.3 is 24.4 Å². The van der Waals surface area contributed by atoms with E-state index < -0.39 is 52.3 Å². The minimum absolute atomic E-state index is 0.0135. The van der Waals surface area contributed by atoms with Gasteiger partial charge in [-0.05, 0) is 71.5 Å². The number of hydrogen-bond acceptors (Lipinski definition) is 11. The molecule has 0 bridgehead atoms. The number of benzene rings is 3. The van der Waals surface area contributed by atoms with Crippen LogP contribution in [0.25, 0.3) is 17.1 Å². The van der Waals surface area contributed by atoms with Gasteiger partial charge in [0.1, 0.15) is 17.3 Å². The van der Waals surface area contributed by atoms with Crippen molar-refractivity contribution in [2.75, 3.05) is 50.6 Å². The number of aromatic amines is 1. The molecule has 63 heavy (non-hydrogen) atoms. The lowest BCUT2D eigenvalue weighted by Gasteiger charge is -2.44. The summed E-state index contributed by atoms with van der Waals surface area (Å²) in [5.41, 5.74) is 2.57. The second kappa shape index (κ2) is 18.0. The van der Waals surface area contributed by atoms with E-state index in [4.69, 9.17) is 8.92 Å². The normalized spacial score (nSPS) is 18.8. The number of carbonyl (C=O) groups is 1. The van der Waals surface area contributed by atoms with Crippen molar-refractivity contribution in [2.45, 2.75) is 83.0 Å². The number of alkyl halides is 2. The standard InChI is InChI=1S/C45H56F2N8O7S/c1-28(2)34-22-35(37(57)23-36(34)56)39-50-51-43(60)55(39)32-14-10-30(11-15-32)26-53-20-18-52(19-21-53)25-29-8-12-31(13-9-29)40(58)48-38-16-17-54(42(59)49-38)41-45(46,47)24-33(62-41)27-61-63(6,7)44(3,4)5/h8-17,22-23,28,33,41,56-57H,18-21,24-27H2,1-7H3,(H,51,60)(H,48,49,58,59). The number of piperazine rings is 1. The van der Waals surface area contributed by atoms with Crippen LogP contribution in [0, 0.1) is 0 Å². The highest BCUT2D eigenvalue weighted by atomic mass is 32.3. The largest absolute Gasteiger partial charge is 0.508 e. The fourth-order valence-electron chi connectivity index (χ4n) is 7.46. The molecule has 3 aromatic carbocycles. The SMILES string of the molecule is CC(C)c1cc(-c2n[nH]c(=O)n2-c2ccc(CN3CCN(Cc4ccc(C(=O)Nc5ccn(C6OC(COS(C)(C)C(C)(C)C)CC6(F)F)c(=O)n5)cc4)CC3)cc2)c(O)cc1O. The second-order valence-corrected chi connectivity index (χ2v) is 21.8. The first-order chi connectivity index (χ1) is 29.7. The van der Waals surface area contributed by atoms with Crippen LogP contribution in [0.15, 0.2) is 82.5 Å². The molecule has 2 aliphatic rings. The number of nitrogens with one attached hydrogen (secondary N) is 2. The van der Waals surface area contributed by atoms with Crippen LogP contribution in [-0.4, -0.2) is 112 Å². The summed E-state index contributed by atoms with van der Waals surface area (Å²) in [7, 11) is -1.56. The summed E-state index contributed by atoms with van der Waals surface area (Å²) in [5.74, 6) is -3.86. The molecule has 2 atom stereocenters. The number of aromatic nitrogens is 5. The molecule has 0 aliphatic carbocycles. The van der Waals surface area contributed by atoms with Gasteiger partial charge in [-0.25, -0.2) is 28.0 Å². The number of H-pyrrole nitrogens is 1. The molecule has 1 amide bonds. The van der Waals surface area contributed by atoms with E-state index in [-0.39, 0.29) is 40.4 Å². The summed E-state index contributed by atoms with van der Waals surface area (Å²) in [4.78, 5) is 47.4. The summed E-state index contributed by atoms with van der Waals surface area (Å²) in [6, 6.07) is 19.0. The lowest BCUT2D eigenvalue weighted by molar-refractivity contribution is -0.119. The van der Waals surface area contributed by atoms with Crippen molar-refractivity contribution < 1.29 is 32.7 Å². The van der Waals surface area contributed by atoms with E-state index in [0.29, 0.717) is 28.9 Å². The maximum Gasteiger partial charge on any atom is 0.351 e. The van der Waals surface area contributed by atoms with Gasteiger partial charge in [-0.3, -0.25) is 19.2 Å². The van der Waals surface area contributed by atoms with Crippen LogP contribution >= 0.6 is 10.3 Å². The Bertz CT molecular complexity index is 2540. The fourth-order valence-corrected chi connectivity index (χ4v) is 8.31. The third-order valence-corrected chi connectivity index (χ3v) is 15.6. The minimum Gasteiger partial charge on any atom is -0.508 e. The number of nitrogens with zero attached hydrogens (tertiary/aromatic N) is 6. The topological polar surface area (TPSA) is 180 Å². The van der Waals surface area contributed by atoms with E-state index in [1.54, 1.807) is 18.2 Å². The van der Waals surface area contributed by atoms with E-state index in [2.05, 4.69) is 30.3 Å². The van der Waals surface area contributed by atoms with E-state index >= 15 is 8.78 Å². The third-order valence-electron chi connectivity index (χ3n) is 11.9. The Morgan fingerprint density at radius 3 is 2.13 bits per heavy atom. The van der Waals surface area contributed by atoms with Crippen LogP contribution in [0.5, 0.6) is 11.5 Å². The van der Waals surface area contributed by atoms with Gasteiger partial charge in [0, 0.05) is 68.3 Å². The molecule has 18 heteroatoms. The van der Waals surface area contributed by atoms with Crippen molar-refractivity contribution in [1.82, 2.24) is 34.1 Å². The minimum atomic E-state index is -3.32. The summed E-state index contributed by atoms with van der Waals surface area (Å²) in [6.45, 7) is 14.7. The highest BCUT2D eigenvalue weighted by Crippen LogP contribution is 2.54. The molecule has 2 saturated heterocycles. The van der Waals surface area contributed by atoms with Gasteiger partial charge in [0.2, 0.25) is 6.23 Å². The summed E-state index contributed by atoms with van der Waals surface area (Å²) >= 11 is 0. The van der Waals surface area contributed by atoms with Gasteiger partial charge in [0.05, 0.1) is 24.0 Å². The molecule has 0 radical (unpaired) electrons. The van der Waals surface area contributed by atoms with Crippen molar-refractivity contribution >= 4 is 22.0 Å².